The van der Waals surface area contributed by atoms with E-state index in [0.717, 1.165) is 12.2 Å². The first-order valence-electron chi connectivity index (χ1n) is 5.46. The van der Waals surface area contributed by atoms with Crippen LogP contribution in [0.4, 0.5) is 0 Å². The van der Waals surface area contributed by atoms with Gasteiger partial charge in [-0.3, -0.25) is 11.3 Å². The zero-order chi connectivity index (χ0) is 12.1. The third-order valence-corrected chi connectivity index (χ3v) is 3.65. The van der Waals surface area contributed by atoms with Crippen molar-refractivity contribution in [1.29, 1.82) is 0 Å². The minimum atomic E-state index is 0.155. The second-order valence-corrected chi connectivity index (χ2v) is 4.77. The maximum absolute atomic E-state index is 5.61. The lowest BCUT2D eigenvalue weighted by molar-refractivity contribution is 0.414. The number of methoxy groups -OCH3 is 1. The van der Waals surface area contributed by atoms with Gasteiger partial charge in [-0.2, -0.15) is 0 Å². The van der Waals surface area contributed by atoms with Gasteiger partial charge < -0.3 is 4.74 Å². The van der Waals surface area contributed by atoms with Crippen LogP contribution < -0.4 is 16.0 Å². The summed E-state index contributed by atoms with van der Waals surface area (Å²) in [5.74, 6) is 6.49. The summed E-state index contributed by atoms with van der Waals surface area (Å²) in [6.45, 7) is 0. The summed E-state index contributed by atoms with van der Waals surface area (Å²) >= 11 is 1.71. The number of ether oxygens (including phenoxy) is 1. The van der Waals surface area contributed by atoms with Crippen LogP contribution in [0.3, 0.4) is 0 Å². The van der Waals surface area contributed by atoms with Crippen molar-refractivity contribution in [2.45, 2.75) is 12.5 Å². The van der Waals surface area contributed by atoms with E-state index in [-0.39, 0.29) is 6.04 Å². The van der Waals surface area contributed by atoms with Gasteiger partial charge in [-0.05, 0) is 35.6 Å². The van der Waals surface area contributed by atoms with E-state index in [1.807, 2.05) is 24.3 Å². The van der Waals surface area contributed by atoms with Crippen molar-refractivity contribution >= 4 is 11.3 Å². The Morgan fingerprint density at radius 3 is 2.88 bits per heavy atom. The smallest absolute Gasteiger partial charge is 0.119 e. The van der Waals surface area contributed by atoms with E-state index in [1.54, 1.807) is 18.4 Å². The van der Waals surface area contributed by atoms with Crippen LogP contribution in [0.2, 0.25) is 0 Å². The minimum absolute atomic E-state index is 0.155. The van der Waals surface area contributed by atoms with Crippen molar-refractivity contribution in [2.24, 2.45) is 5.84 Å². The zero-order valence-electron chi connectivity index (χ0n) is 9.72. The van der Waals surface area contributed by atoms with Crippen LogP contribution in [-0.2, 0) is 6.42 Å². The number of rotatable bonds is 5. The lowest BCUT2D eigenvalue weighted by Crippen LogP contribution is -2.28. The van der Waals surface area contributed by atoms with Crippen LogP contribution in [-0.4, -0.2) is 7.11 Å². The summed E-state index contributed by atoms with van der Waals surface area (Å²) in [5, 5.41) is 2.06. The number of hydrogen-bond acceptors (Lipinski definition) is 4. The van der Waals surface area contributed by atoms with E-state index in [9.17, 15) is 0 Å². The fourth-order valence-electron chi connectivity index (χ4n) is 1.77. The number of hydrogen-bond donors (Lipinski definition) is 2. The molecular weight excluding hydrogens is 232 g/mol. The molecule has 0 saturated carbocycles. The maximum atomic E-state index is 5.61. The molecule has 0 aliphatic heterocycles. The first-order chi connectivity index (χ1) is 8.33. The van der Waals surface area contributed by atoms with Crippen LogP contribution in [0, 0.1) is 0 Å². The molecular formula is C13H16N2OS. The van der Waals surface area contributed by atoms with Crippen molar-refractivity contribution in [2.75, 3.05) is 7.11 Å². The second-order valence-electron chi connectivity index (χ2n) is 3.79. The fourth-order valence-corrected chi connectivity index (χ4v) is 2.55. The van der Waals surface area contributed by atoms with Gasteiger partial charge in [-0.15, -0.1) is 11.3 Å². The molecule has 0 bridgehead atoms. The highest BCUT2D eigenvalue weighted by molar-refractivity contribution is 7.10. The van der Waals surface area contributed by atoms with Crippen LogP contribution in [0.1, 0.15) is 16.5 Å². The van der Waals surface area contributed by atoms with E-state index >= 15 is 0 Å². The number of benzene rings is 1. The van der Waals surface area contributed by atoms with Gasteiger partial charge in [-0.1, -0.05) is 18.2 Å². The van der Waals surface area contributed by atoms with Gasteiger partial charge >= 0.3 is 0 Å². The molecule has 1 atom stereocenters. The third kappa shape index (κ3) is 3.06. The quantitative estimate of drug-likeness (QED) is 0.631. The van der Waals surface area contributed by atoms with E-state index in [1.165, 1.54) is 10.4 Å². The monoisotopic (exact) mass is 248 g/mol. The molecule has 0 aliphatic carbocycles. The molecule has 1 aromatic heterocycles. The van der Waals surface area contributed by atoms with E-state index in [2.05, 4.69) is 22.9 Å². The Labute approximate surface area is 105 Å². The predicted molar refractivity (Wildman–Crippen MR) is 71.1 cm³/mol. The molecule has 1 heterocycles. The molecule has 3 N–H and O–H groups in total. The number of thiophene rings is 1. The Kier molecular flexibility index (Phi) is 4.14. The summed E-state index contributed by atoms with van der Waals surface area (Å²) < 4.78 is 5.21. The van der Waals surface area contributed by atoms with Gasteiger partial charge in [0.25, 0.3) is 0 Å². The lowest BCUT2D eigenvalue weighted by Gasteiger charge is -2.14. The highest BCUT2D eigenvalue weighted by atomic mass is 32.1. The van der Waals surface area contributed by atoms with Gasteiger partial charge in [-0.25, -0.2) is 0 Å². The van der Waals surface area contributed by atoms with Gasteiger partial charge in [0.15, 0.2) is 0 Å². The van der Waals surface area contributed by atoms with E-state index in [4.69, 9.17) is 10.6 Å². The lowest BCUT2D eigenvalue weighted by atomic mass is 10.1. The maximum Gasteiger partial charge on any atom is 0.119 e. The Balaban J connectivity index is 2.13. The number of nitrogens with one attached hydrogen (secondary N) is 1. The molecule has 17 heavy (non-hydrogen) atoms. The summed E-state index contributed by atoms with van der Waals surface area (Å²) in [6, 6.07) is 12.3. The van der Waals surface area contributed by atoms with Gasteiger partial charge in [0.1, 0.15) is 5.75 Å². The molecule has 1 aromatic carbocycles. The number of nitrogens with two attached hydrogens (primary N) is 1. The van der Waals surface area contributed by atoms with Gasteiger partial charge in [0.2, 0.25) is 0 Å². The fraction of sp³-hybridized carbons (Fsp3) is 0.231. The Hall–Kier alpha value is -1.36. The van der Waals surface area contributed by atoms with Crippen molar-refractivity contribution < 1.29 is 4.74 Å². The van der Waals surface area contributed by atoms with Crippen LogP contribution in [0.25, 0.3) is 0 Å². The molecule has 90 valence electrons. The topological polar surface area (TPSA) is 47.3 Å². The Morgan fingerprint density at radius 1 is 1.35 bits per heavy atom. The van der Waals surface area contributed by atoms with Crippen LogP contribution in [0.15, 0.2) is 41.8 Å². The summed E-state index contributed by atoms with van der Waals surface area (Å²) in [6.07, 6.45) is 0.855. The van der Waals surface area contributed by atoms with Crippen LogP contribution in [0.5, 0.6) is 5.75 Å². The first kappa shape index (κ1) is 12.1. The van der Waals surface area contributed by atoms with Gasteiger partial charge in [0.05, 0.1) is 13.2 Å². The van der Waals surface area contributed by atoms with Crippen LogP contribution >= 0.6 is 11.3 Å². The molecule has 1 unspecified atom stereocenters. The molecule has 0 radical (unpaired) electrons. The van der Waals surface area contributed by atoms with E-state index < -0.39 is 0 Å². The Morgan fingerprint density at radius 2 is 2.24 bits per heavy atom. The third-order valence-electron chi connectivity index (χ3n) is 2.66. The molecule has 0 fully saturated rings. The first-order valence-corrected chi connectivity index (χ1v) is 6.34. The van der Waals surface area contributed by atoms with E-state index in [0.29, 0.717) is 0 Å². The molecule has 0 aliphatic rings. The average molecular weight is 248 g/mol. The molecule has 4 heteroatoms. The SMILES string of the molecule is COc1cccc(CC(NN)c2cccs2)c1. The van der Waals surface area contributed by atoms with Gasteiger partial charge in [0, 0.05) is 4.88 Å². The van der Waals surface area contributed by atoms with Crippen molar-refractivity contribution in [1.82, 2.24) is 5.43 Å². The summed E-state index contributed by atoms with van der Waals surface area (Å²) in [5.41, 5.74) is 4.07. The predicted octanol–water partition coefficient (Wildman–Crippen LogP) is 2.50. The zero-order valence-corrected chi connectivity index (χ0v) is 10.5. The van der Waals surface area contributed by atoms with Crippen molar-refractivity contribution in [3.8, 4) is 5.75 Å². The molecule has 0 spiro atoms. The largest absolute Gasteiger partial charge is 0.497 e. The molecule has 0 saturated heterocycles. The number of hydrazine groups is 1. The standard InChI is InChI=1S/C13H16N2OS/c1-16-11-5-2-4-10(8-11)9-12(15-14)13-6-3-7-17-13/h2-8,12,15H,9,14H2,1H3. The molecule has 2 aromatic rings. The molecule has 0 amide bonds. The highest BCUT2D eigenvalue weighted by Gasteiger charge is 2.11. The molecule has 2 rings (SSSR count). The summed E-state index contributed by atoms with van der Waals surface area (Å²) in [7, 11) is 1.68. The van der Waals surface area contributed by atoms with Crippen molar-refractivity contribution in [3.63, 3.8) is 0 Å². The second kappa shape index (κ2) is 5.82. The summed E-state index contributed by atoms with van der Waals surface area (Å²) in [4.78, 5) is 1.25. The molecule has 3 nitrogen and oxygen atoms in total. The minimum Gasteiger partial charge on any atom is -0.497 e. The Bertz CT molecular complexity index is 456. The normalized spacial score (nSPS) is 12.4. The average Bonchev–Trinajstić information content (AvgIpc) is 2.90. The van der Waals surface area contributed by atoms with Crippen molar-refractivity contribution in [3.05, 3.63) is 52.2 Å². The highest BCUT2D eigenvalue weighted by Crippen LogP contribution is 2.23.